The van der Waals surface area contributed by atoms with E-state index in [0.29, 0.717) is 18.6 Å². The van der Waals surface area contributed by atoms with Crippen LogP contribution < -0.4 is 4.74 Å². The van der Waals surface area contributed by atoms with E-state index in [4.69, 9.17) is 4.74 Å². The number of piperidine rings is 1. The first-order chi connectivity index (χ1) is 8.74. The number of ketones is 1. The van der Waals surface area contributed by atoms with E-state index in [9.17, 15) is 9.59 Å². The number of hydrogen-bond donors (Lipinski definition) is 0. The predicted octanol–water partition coefficient (Wildman–Crippen LogP) is 2.38. The van der Waals surface area contributed by atoms with Crippen LogP contribution in [0.2, 0.25) is 0 Å². The van der Waals surface area contributed by atoms with Crippen LogP contribution in [0.25, 0.3) is 0 Å². The van der Waals surface area contributed by atoms with Crippen molar-refractivity contribution in [3.05, 3.63) is 30.3 Å². The summed E-state index contributed by atoms with van der Waals surface area (Å²) >= 11 is 0. The molecule has 2 aliphatic heterocycles. The van der Waals surface area contributed by atoms with Crippen molar-refractivity contribution in [3.63, 3.8) is 0 Å². The highest BCUT2D eigenvalue weighted by atomic mass is 16.6. The van der Waals surface area contributed by atoms with Crippen molar-refractivity contribution < 1.29 is 14.3 Å². The van der Waals surface area contributed by atoms with Gasteiger partial charge < -0.3 is 9.64 Å². The number of Topliss-reactive ketones (excluding diaryl/α,β-unsaturated/α-hetero) is 1. The average Bonchev–Trinajstić information content (AvgIpc) is 2.63. The number of carbonyl (C=O) groups excluding carboxylic acids is 2. The predicted molar refractivity (Wildman–Crippen MR) is 65.4 cm³/mol. The van der Waals surface area contributed by atoms with E-state index >= 15 is 0 Å². The first-order valence-corrected chi connectivity index (χ1v) is 6.31. The molecule has 18 heavy (non-hydrogen) atoms. The second-order valence-corrected chi connectivity index (χ2v) is 4.92. The molecular weight excluding hydrogens is 230 g/mol. The lowest BCUT2D eigenvalue weighted by Crippen LogP contribution is -2.48. The van der Waals surface area contributed by atoms with Gasteiger partial charge in [0.25, 0.3) is 0 Å². The number of carbonyl (C=O) groups is 2. The van der Waals surface area contributed by atoms with E-state index in [-0.39, 0.29) is 24.0 Å². The molecule has 2 aliphatic rings. The fraction of sp³-hybridized carbons (Fsp3) is 0.429. The van der Waals surface area contributed by atoms with Gasteiger partial charge in [-0.3, -0.25) is 4.79 Å². The molecule has 3 rings (SSSR count). The van der Waals surface area contributed by atoms with Crippen molar-refractivity contribution in [2.75, 3.05) is 0 Å². The standard InChI is InChI=1S/C14H15NO3/c16-12-8-10-6-7-11(9-12)15(10)14(17)18-13-4-2-1-3-5-13/h1-5,10-11H,6-9H2/t10-,11+. The molecule has 2 bridgehead atoms. The SMILES string of the molecule is O=C1C[C@H]2CC[C@@H](C1)N2C(=O)Oc1ccccc1. The lowest BCUT2D eigenvalue weighted by atomic mass is 10.0. The zero-order valence-corrected chi connectivity index (χ0v) is 10.0. The molecule has 0 saturated carbocycles. The summed E-state index contributed by atoms with van der Waals surface area (Å²) in [6.45, 7) is 0. The Bertz CT molecular complexity index is 455. The number of para-hydroxylation sites is 1. The Hall–Kier alpha value is -1.84. The van der Waals surface area contributed by atoms with Crippen molar-refractivity contribution >= 4 is 11.9 Å². The maximum Gasteiger partial charge on any atom is 0.415 e. The molecule has 1 aromatic rings. The highest BCUT2D eigenvalue weighted by molar-refractivity contribution is 5.84. The molecule has 0 aromatic heterocycles. The molecule has 0 radical (unpaired) electrons. The summed E-state index contributed by atoms with van der Waals surface area (Å²) < 4.78 is 5.35. The van der Waals surface area contributed by atoms with Gasteiger partial charge in [0.15, 0.2) is 0 Å². The van der Waals surface area contributed by atoms with Gasteiger partial charge in [0.2, 0.25) is 0 Å². The number of rotatable bonds is 1. The lowest BCUT2D eigenvalue weighted by Gasteiger charge is -2.32. The van der Waals surface area contributed by atoms with Gasteiger partial charge in [0.1, 0.15) is 11.5 Å². The molecule has 2 saturated heterocycles. The van der Waals surface area contributed by atoms with Crippen LogP contribution in [0.1, 0.15) is 25.7 Å². The van der Waals surface area contributed by atoms with Crippen molar-refractivity contribution in [1.29, 1.82) is 0 Å². The smallest absolute Gasteiger partial charge is 0.410 e. The van der Waals surface area contributed by atoms with Crippen molar-refractivity contribution in [2.24, 2.45) is 0 Å². The number of hydrogen-bond acceptors (Lipinski definition) is 3. The summed E-state index contributed by atoms with van der Waals surface area (Å²) in [7, 11) is 0. The lowest BCUT2D eigenvalue weighted by molar-refractivity contribution is -0.122. The van der Waals surface area contributed by atoms with Crippen LogP contribution >= 0.6 is 0 Å². The third kappa shape index (κ3) is 1.98. The first-order valence-electron chi connectivity index (χ1n) is 6.31. The van der Waals surface area contributed by atoms with Gasteiger partial charge in [-0.25, -0.2) is 4.79 Å². The molecule has 1 aromatic carbocycles. The van der Waals surface area contributed by atoms with Crippen LogP contribution in [0, 0.1) is 0 Å². The summed E-state index contributed by atoms with van der Waals surface area (Å²) in [6.07, 6.45) is 2.49. The molecular formula is C14H15NO3. The Morgan fingerprint density at radius 3 is 2.33 bits per heavy atom. The molecule has 1 amide bonds. The fourth-order valence-corrected chi connectivity index (χ4v) is 2.91. The van der Waals surface area contributed by atoms with Gasteiger partial charge in [-0.05, 0) is 25.0 Å². The average molecular weight is 245 g/mol. The van der Waals surface area contributed by atoms with Crippen molar-refractivity contribution in [2.45, 2.75) is 37.8 Å². The minimum Gasteiger partial charge on any atom is -0.410 e. The summed E-state index contributed by atoms with van der Waals surface area (Å²) in [5, 5.41) is 0. The summed E-state index contributed by atoms with van der Waals surface area (Å²) in [4.78, 5) is 25.4. The first kappa shape index (κ1) is 11.3. The van der Waals surface area contributed by atoms with Gasteiger partial charge in [-0.2, -0.15) is 0 Å². The summed E-state index contributed by atoms with van der Waals surface area (Å²) in [5.74, 6) is 0.824. The maximum atomic E-state index is 12.1. The highest BCUT2D eigenvalue weighted by Gasteiger charge is 2.43. The zero-order chi connectivity index (χ0) is 12.5. The topological polar surface area (TPSA) is 46.6 Å². The molecule has 4 heteroatoms. The van der Waals surface area contributed by atoms with Gasteiger partial charge in [0, 0.05) is 24.9 Å². The molecule has 0 spiro atoms. The van der Waals surface area contributed by atoms with Gasteiger partial charge in [0.05, 0.1) is 0 Å². The number of nitrogens with zero attached hydrogens (tertiary/aromatic N) is 1. The fourth-order valence-electron chi connectivity index (χ4n) is 2.91. The molecule has 2 atom stereocenters. The largest absolute Gasteiger partial charge is 0.415 e. The van der Waals surface area contributed by atoms with E-state index < -0.39 is 0 Å². The third-order valence-corrected chi connectivity index (χ3v) is 3.71. The molecule has 0 aliphatic carbocycles. The minimum absolute atomic E-state index is 0.0486. The number of amides is 1. The monoisotopic (exact) mass is 245 g/mol. The van der Waals surface area contributed by atoms with Gasteiger partial charge >= 0.3 is 6.09 Å². The Morgan fingerprint density at radius 2 is 1.72 bits per heavy atom. The number of ether oxygens (including phenoxy) is 1. The normalized spacial score (nSPS) is 26.2. The second-order valence-electron chi connectivity index (χ2n) is 4.92. The summed E-state index contributed by atoms with van der Waals surface area (Å²) in [6, 6.07) is 9.15. The van der Waals surface area contributed by atoms with Crippen LogP contribution in [-0.2, 0) is 4.79 Å². The molecule has 2 heterocycles. The quantitative estimate of drug-likeness (QED) is 0.763. The molecule has 4 nitrogen and oxygen atoms in total. The van der Waals surface area contributed by atoms with Gasteiger partial charge in [-0.1, -0.05) is 18.2 Å². The number of benzene rings is 1. The molecule has 2 fully saturated rings. The maximum absolute atomic E-state index is 12.1. The van der Waals surface area contributed by atoms with Crippen molar-refractivity contribution in [1.82, 2.24) is 4.90 Å². The van der Waals surface area contributed by atoms with E-state index in [1.54, 1.807) is 17.0 Å². The van der Waals surface area contributed by atoms with Crippen molar-refractivity contribution in [3.8, 4) is 5.75 Å². The Morgan fingerprint density at radius 1 is 1.11 bits per heavy atom. The van der Waals surface area contributed by atoms with Crippen LogP contribution in [0.4, 0.5) is 4.79 Å². The van der Waals surface area contributed by atoms with Crippen LogP contribution in [0.3, 0.4) is 0 Å². The second kappa shape index (κ2) is 4.44. The molecule has 94 valence electrons. The Labute approximate surface area is 106 Å². The molecule has 0 unspecified atom stereocenters. The van der Waals surface area contributed by atoms with E-state index in [1.165, 1.54) is 0 Å². The Kier molecular flexibility index (Phi) is 2.78. The summed E-state index contributed by atoms with van der Waals surface area (Å²) in [5.41, 5.74) is 0. The number of fused-ring (bicyclic) bond motifs is 2. The van der Waals surface area contributed by atoms with Gasteiger partial charge in [-0.15, -0.1) is 0 Å². The van der Waals surface area contributed by atoms with E-state index in [1.807, 2.05) is 18.2 Å². The molecule has 0 N–H and O–H groups in total. The van der Waals surface area contributed by atoms with Crippen LogP contribution in [0.5, 0.6) is 5.75 Å². The van der Waals surface area contributed by atoms with E-state index in [2.05, 4.69) is 0 Å². The van der Waals surface area contributed by atoms with E-state index in [0.717, 1.165) is 12.8 Å². The third-order valence-electron chi connectivity index (χ3n) is 3.71. The zero-order valence-electron chi connectivity index (χ0n) is 10.0. The van der Waals surface area contributed by atoms with Crippen LogP contribution in [0.15, 0.2) is 30.3 Å². The Balaban J connectivity index is 1.72. The van der Waals surface area contributed by atoms with Crippen LogP contribution in [-0.4, -0.2) is 28.9 Å². The highest BCUT2D eigenvalue weighted by Crippen LogP contribution is 2.34. The minimum atomic E-state index is -0.318.